The lowest BCUT2D eigenvalue weighted by molar-refractivity contribution is -0.139. The Bertz CT molecular complexity index is 1150. The van der Waals surface area contributed by atoms with E-state index in [9.17, 15) is 18.0 Å². The minimum absolute atomic E-state index is 0.109. The number of carbonyl (C=O) groups is 2. The molecule has 3 aromatic rings. The Morgan fingerprint density at radius 3 is 2.23 bits per heavy atom. The maximum atomic E-state index is 13.2. The van der Waals surface area contributed by atoms with E-state index in [4.69, 9.17) is 4.42 Å². The molecule has 0 aliphatic heterocycles. The van der Waals surface area contributed by atoms with E-state index in [1.807, 2.05) is 38.1 Å². The standard InChI is InChI=1S/C23H24N2O5S/c1-16-9-11-19(12-10-16)31(28,29)21(20-8-5-13-30-20)15-25-23(27)22(26)24-14-18-7-4-3-6-17(18)2/h3-13,21H,14-15H2,1-2H3,(H,24,26)(H,25,27)/t21-/m0/s1. The van der Waals surface area contributed by atoms with Crippen molar-refractivity contribution in [2.45, 2.75) is 30.5 Å². The van der Waals surface area contributed by atoms with Crippen molar-refractivity contribution in [3.8, 4) is 0 Å². The van der Waals surface area contributed by atoms with Gasteiger partial charge in [-0.3, -0.25) is 9.59 Å². The molecule has 0 spiro atoms. The molecule has 0 bridgehead atoms. The van der Waals surface area contributed by atoms with E-state index in [1.54, 1.807) is 18.2 Å². The molecule has 8 heteroatoms. The molecule has 1 atom stereocenters. The third kappa shape index (κ3) is 5.40. The van der Waals surface area contributed by atoms with Crippen LogP contribution in [-0.4, -0.2) is 26.8 Å². The number of aryl methyl sites for hydroxylation is 2. The molecule has 31 heavy (non-hydrogen) atoms. The third-order valence-corrected chi connectivity index (χ3v) is 7.02. The van der Waals surface area contributed by atoms with E-state index in [0.717, 1.165) is 16.7 Å². The van der Waals surface area contributed by atoms with Crippen LogP contribution in [0.3, 0.4) is 0 Å². The Morgan fingerprint density at radius 2 is 1.58 bits per heavy atom. The van der Waals surface area contributed by atoms with Gasteiger partial charge < -0.3 is 15.1 Å². The first-order valence-electron chi connectivity index (χ1n) is 9.73. The molecule has 0 aliphatic carbocycles. The van der Waals surface area contributed by atoms with Crippen LogP contribution >= 0.6 is 0 Å². The fourth-order valence-electron chi connectivity index (χ4n) is 3.06. The molecule has 2 N–H and O–H groups in total. The van der Waals surface area contributed by atoms with Crippen molar-refractivity contribution in [1.29, 1.82) is 0 Å². The van der Waals surface area contributed by atoms with Crippen LogP contribution in [0.1, 0.15) is 27.7 Å². The van der Waals surface area contributed by atoms with Crippen LogP contribution in [0.2, 0.25) is 0 Å². The molecule has 0 aliphatic rings. The van der Waals surface area contributed by atoms with Gasteiger partial charge in [-0.2, -0.15) is 0 Å². The largest absolute Gasteiger partial charge is 0.468 e. The van der Waals surface area contributed by atoms with E-state index in [2.05, 4.69) is 10.6 Å². The van der Waals surface area contributed by atoms with Gasteiger partial charge in [-0.05, 0) is 49.2 Å². The lowest BCUT2D eigenvalue weighted by Gasteiger charge is -2.17. The minimum Gasteiger partial charge on any atom is -0.468 e. The molecule has 2 amide bonds. The fraction of sp³-hybridized carbons (Fsp3) is 0.217. The van der Waals surface area contributed by atoms with Crippen molar-refractivity contribution in [3.63, 3.8) is 0 Å². The number of hydrogen-bond acceptors (Lipinski definition) is 5. The highest BCUT2D eigenvalue weighted by molar-refractivity contribution is 7.91. The van der Waals surface area contributed by atoms with Gasteiger partial charge in [-0.1, -0.05) is 42.0 Å². The highest BCUT2D eigenvalue weighted by Crippen LogP contribution is 2.29. The van der Waals surface area contributed by atoms with Crippen molar-refractivity contribution in [2.75, 3.05) is 6.54 Å². The monoisotopic (exact) mass is 440 g/mol. The van der Waals surface area contributed by atoms with Gasteiger partial charge in [0, 0.05) is 13.1 Å². The number of hydrogen-bond donors (Lipinski definition) is 2. The summed E-state index contributed by atoms with van der Waals surface area (Å²) in [5, 5.41) is 3.80. The van der Waals surface area contributed by atoms with Gasteiger partial charge in [0.15, 0.2) is 9.84 Å². The summed E-state index contributed by atoms with van der Waals surface area (Å²) in [6, 6.07) is 17.0. The number of nitrogens with one attached hydrogen (secondary N) is 2. The SMILES string of the molecule is Cc1ccc(S(=O)(=O)[C@@H](CNC(=O)C(=O)NCc2ccccc2C)c2ccco2)cc1. The number of rotatable bonds is 7. The average Bonchev–Trinajstić information content (AvgIpc) is 3.27. The number of furan rings is 1. The van der Waals surface area contributed by atoms with Crippen molar-refractivity contribution in [2.24, 2.45) is 0 Å². The molecule has 0 saturated heterocycles. The lowest BCUT2D eigenvalue weighted by atomic mass is 10.1. The number of amides is 2. The first kappa shape index (κ1) is 22.3. The number of sulfone groups is 1. The Hall–Kier alpha value is -3.39. The quantitative estimate of drug-likeness (QED) is 0.550. The van der Waals surface area contributed by atoms with Gasteiger partial charge >= 0.3 is 11.8 Å². The maximum absolute atomic E-state index is 13.2. The van der Waals surface area contributed by atoms with Crippen molar-refractivity contribution < 1.29 is 22.4 Å². The zero-order valence-electron chi connectivity index (χ0n) is 17.3. The Balaban J connectivity index is 1.69. The molecular formula is C23H24N2O5S. The first-order chi connectivity index (χ1) is 14.8. The summed E-state index contributed by atoms with van der Waals surface area (Å²) in [7, 11) is -3.86. The highest BCUT2D eigenvalue weighted by atomic mass is 32.2. The second-order valence-electron chi connectivity index (χ2n) is 7.18. The van der Waals surface area contributed by atoms with Gasteiger partial charge in [0.2, 0.25) is 0 Å². The van der Waals surface area contributed by atoms with E-state index >= 15 is 0 Å². The summed E-state index contributed by atoms with van der Waals surface area (Å²) >= 11 is 0. The summed E-state index contributed by atoms with van der Waals surface area (Å²) in [6.45, 7) is 3.66. The minimum atomic E-state index is -3.86. The van der Waals surface area contributed by atoms with Gasteiger partial charge in [0.25, 0.3) is 0 Å². The van der Waals surface area contributed by atoms with Crippen LogP contribution in [0.15, 0.2) is 76.2 Å². The zero-order valence-corrected chi connectivity index (χ0v) is 18.1. The summed E-state index contributed by atoms with van der Waals surface area (Å²) in [6.07, 6.45) is 1.36. The number of carbonyl (C=O) groups excluding carboxylic acids is 2. The Labute approximate surface area is 181 Å². The van der Waals surface area contributed by atoms with Crippen LogP contribution in [0.25, 0.3) is 0 Å². The van der Waals surface area contributed by atoms with Crippen LogP contribution in [-0.2, 0) is 26.0 Å². The molecule has 162 valence electrons. The smallest absolute Gasteiger partial charge is 0.309 e. The van der Waals surface area contributed by atoms with E-state index in [1.165, 1.54) is 24.5 Å². The van der Waals surface area contributed by atoms with E-state index in [0.29, 0.717) is 0 Å². The molecule has 0 unspecified atom stereocenters. The Kier molecular flexibility index (Phi) is 6.91. The predicted octanol–water partition coefficient (Wildman–Crippen LogP) is 2.84. The number of benzene rings is 2. The lowest BCUT2D eigenvalue weighted by Crippen LogP contribution is -2.42. The topological polar surface area (TPSA) is 105 Å². The van der Waals surface area contributed by atoms with E-state index in [-0.39, 0.29) is 23.7 Å². The molecule has 0 radical (unpaired) electrons. The third-order valence-electron chi connectivity index (χ3n) is 4.94. The first-order valence-corrected chi connectivity index (χ1v) is 11.3. The van der Waals surface area contributed by atoms with Gasteiger partial charge in [-0.25, -0.2) is 8.42 Å². The maximum Gasteiger partial charge on any atom is 0.309 e. The van der Waals surface area contributed by atoms with Crippen molar-refractivity contribution >= 4 is 21.7 Å². The summed E-state index contributed by atoms with van der Waals surface area (Å²) in [5.74, 6) is -1.57. The fourth-order valence-corrected chi connectivity index (χ4v) is 4.65. The van der Waals surface area contributed by atoms with Crippen molar-refractivity contribution in [3.05, 3.63) is 89.4 Å². The summed E-state index contributed by atoms with van der Waals surface area (Å²) in [4.78, 5) is 24.6. The van der Waals surface area contributed by atoms with Crippen LogP contribution < -0.4 is 10.6 Å². The molecule has 0 saturated carbocycles. The second-order valence-corrected chi connectivity index (χ2v) is 9.31. The average molecular weight is 441 g/mol. The highest BCUT2D eigenvalue weighted by Gasteiger charge is 2.32. The summed E-state index contributed by atoms with van der Waals surface area (Å²) in [5.41, 5.74) is 2.80. The van der Waals surface area contributed by atoms with Crippen molar-refractivity contribution in [1.82, 2.24) is 10.6 Å². The summed E-state index contributed by atoms with van der Waals surface area (Å²) < 4.78 is 31.6. The molecule has 1 aromatic heterocycles. The molecule has 7 nitrogen and oxygen atoms in total. The molecule has 1 heterocycles. The van der Waals surface area contributed by atoms with Gasteiger partial charge in [-0.15, -0.1) is 0 Å². The zero-order chi connectivity index (χ0) is 22.4. The van der Waals surface area contributed by atoms with Crippen LogP contribution in [0, 0.1) is 13.8 Å². The van der Waals surface area contributed by atoms with E-state index < -0.39 is 26.9 Å². The van der Waals surface area contributed by atoms with Crippen LogP contribution in [0.5, 0.6) is 0 Å². The molecule has 2 aromatic carbocycles. The molecule has 0 fully saturated rings. The normalized spacial score (nSPS) is 12.2. The van der Waals surface area contributed by atoms with Crippen LogP contribution in [0.4, 0.5) is 0 Å². The molecular weight excluding hydrogens is 416 g/mol. The second kappa shape index (κ2) is 9.61. The molecule has 3 rings (SSSR count). The van der Waals surface area contributed by atoms with Gasteiger partial charge in [0.05, 0.1) is 11.2 Å². The Morgan fingerprint density at radius 1 is 0.903 bits per heavy atom. The predicted molar refractivity (Wildman–Crippen MR) is 116 cm³/mol. The van der Waals surface area contributed by atoms with Gasteiger partial charge in [0.1, 0.15) is 11.0 Å².